The first-order valence-electron chi connectivity index (χ1n) is 13.3. The molecule has 3 heterocycles. The minimum Gasteiger partial charge on any atom is -0.463 e. The molecule has 14 heteroatoms. The van der Waals surface area contributed by atoms with Crippen molar-refractivity contribution in [3.05, 3.63) is 41.2 Å². The lowest BCUT2D eigenvalue weighted by atomic mass is 9.97. The fraction of sp³-hybridized carbons (Fsp3) is 0.435. The molecule has 1 N–H and O–H groups in total. The number of esters is 4. The fourth-order valence-corrected chi connectivity index (χ4v) is 4.22. The van der Waals surface area contributed by atoms with Gasteiger partial charge >= 0.3 is 23.9 Å². The molecule has 1 fully saturated rings. The van der Waals surface area contributed by atoms with Crippen molar-refractivity contribution in [3.63, 3.8) is 0 Å². The zero-order valence-electron chi connectivity index (χ0n) is 23.2. The molecule has 0 aromatic carbocycles. The Balaban J connectivity index is 1.98. The van der Waals surface area contributed by atoms with E-state index in [0.717, 1.165) is 11.3 Å². The van der Waals surface area contributed by atoms with Crippen molar-refractivity contribution >= 4 is 46.1 Å². The molecule has 3 rings (SSSR count). The van der Waals surface area contributed by atoms with Gasteiger partial charge in [0, 0.05) is 51.0 Å². The van der Waals surface area contributed by atoms with E-state index in [-0.39, 0.29) is 15.8 Å². The van der Waals surface area contributed by atoms with Gasteiger partial charge in [-0.2, -0.15) is 0 Å². The highest BCUT2D eigenvalue weighted by molar-refractivity contribution is 7.17. The zero-order valence-corrected chi connectivity index (χ0v) is 20.0. The smallest absolute Gasteiger partial charge is 0.303 e. The second-order valence-electron chi connectivity index (χ2n) is 7.38. The number of rotatable bonds is 9. The lowest BCUT2D eigenvalue weighted by Gasteiger charge is -2.44. The highest BCUT2D eigenvalue weighted by Crippen LogP contribution is 2.31. The number of nitrogens with one attached hydrogen (secondary N) is 1. The normalized spacial score (nSPS) is 24.3. The number of ketones is 1. The van der Waals surface area contributed by atoms with E-state index in [0.29, 0.717) is 5.56 Å². The summed E-state index contributed by atoms with van der Waals surface area (Å²) in [4.78, 5) is 69.2. The average molecular weight is 540 g/mol. The van der Waals surface area contributed by atoms with Crippen LogP contribution >= 0.6 is 11.3 Å². The first-order chi connectivity index (χ1) is 19.7. The standard InChI is InChI=1S/C23H25N3O10S/c1-11(27)32-10-16-19(33-12(2)28)20(34-13(3)29)21(35-14(4)30)22(36-16)26-23-25-9-17(37-23)18(31)15-5-7-24-8-6-15/h5-9,16,19-22H,10H2,1-4H3,(H,25,26)/t16-,19-,20+,21+,22?/m1/s1/i1D,2D,3D,4D. The fourth-order valence-electron chi connectivity index (χ4n) is 3.41. The van der Waals surface area contributed by atoms with E-state index < -0.39 is 88.7 Å². The van der Waals surface area contributed by atoms with Crippen molar-refractivity contribution in [2.75, 3.05) is 11.9 Å². The molecule has 0 radical (unpaired) electrons. The monoisotopic (exact) mass is 539 g/mol. The Morgan fingerprint density at radius 2 is 1.57 bits per heavy atom. The molecule has 0 aliphatic carbocycles. The molecule has 2 aromatic heterocycles. The van der Waals surface area contributed by atoms with Gasteiger partial charge in [0.1, 0.15) is 12.7 Å². The largest absolute Gasteiger partial charge is 0.463 e. The second kappa shape index (κ2) is 12.4. The van der Waals surface area contributed by atoms with Gasteiger partial charge in [0.25, 0.3) is 0 Å². The molecule has 1 aliphatic heterocycles. The topological polar surface area (TPSA) is 169 Å². The highest BCUT2D eigenvalue weighted by atomic mass is 32.1. The maximum absolute atomic E-state index is 12.8. The third kappa shape index (κ3) is 7.54. The van der Waals surface area contributed by atoms with Gasteiger partial charge in [0.15, 0.2) is 29.7 Å². The van der Waals surface area contributed by atoms with Crippen LogP contribution in [0, 0.1) is 0 Å². The number of aromatic nitrogens is 2. The maximum Gasteiger partial charge on any atom is 0.303 e. The molecular weight excluding hydrogens is 510 g/mol. The molecule has 1 saturated heterocycles. The summed E-state index contributed by atoms with van der Waals surface area (Å²) in [5.74, 6) is -4.57. The minimum atomic E-state index is -1.65. The van der Waals surface area contributed by atoms with Gasteiger partial charge < -0.3 is 29.0 Å². The molecule has 0 saturated carbocycles. The Kier molecular flexibility index (Phi) is 7.45. The third-order valence-electron chi connectivity index (χ3n) is 4.78. The number of anilines is 1. The molecule has 5 atom stereocenters. The number of nitrogens with zero attached hydrogens (tertiary/aromatic N) is 2. The van der Waals surface area contributed by atoms with Crippen LogP contribution in [0.3, 0.4) is 0 Å². The Labute approximate surface area is 221 Å². The van der Waals surface area contributed by atoms with Crippen molar-refractivity contribution in [1.82, 2.24) is 9.97 Å². The number of hydrogen-bond donors (Lipinski definition) is 1. The van der Waals surface area contributed by atoms with Gasteiger partial charge in [-0.25, -0.2) is 4.98 Å². The first kappa shape index (κ1) is 22.3. The molecule has 0 amide bonds. The quantitative estimate of drug-likeness (QED) is 0.275. The van der Waals surface area contributed by atoms with Crippen LogP contribution < -0.4 is 5.32 Å². The first-order valence-corrected chi connectivity index (χ1v) is 11.3. The Morgan fingerprint density at radius 3 is 2.22 bits per heavy atom. The van der Waals surface area contributed by atoms with Crippen LogP contribution in [-0.2, 0) is 42.9 Å². The van der Waals surface area contributed by atoms with Crippen LogP contribution in [0.4, 0.5) is 5.13 Å². The summed E-state index contributed by atoms with van der Waals surface area (Å²) >= 11 is 0.906. The molecule has 0 bridgehead atoms. The van der Waals surface area contributed by atoms with E-state index in [1.165, 1.54) is 30.7 Å². The predicted molar refractivity (Wildman–Crippen MR) is 125 cm³/mol. The number of carbonyl (C=O) groups excluding carboxylic acids is 5. The van der Waals surface area contributed by atoms with Gasteiger partial charge in [-0.1, -0.05) is 11.3 Å². The van der Waals surface area contributed by atoms with Crippen molar-refractivity contribution in [2.45, 2.75) is 58.2 Å². The minimum absolute atomic E-state index is 0.0911. The number of hydrogen-bond acceptors (Lipinski definition) is 14. The van der Waals surface area contributed by atoms with Crippen LogP contribution in [0.5, 0.6) is 0 Å². The highest BCUT2D eigenvalue weighted by Gasteiger charge is 2.52. The van der Waals surface area contributed by atoms with Crippen LogP contribution in [0.25, 0.3) is 0 Å². The molecule has 2 aromatic rings. The van der Waals surface area contributed by atoms with Gasteiger partial charge in [0.2, 0.25) is 5.78 Å². The summed E-state index contributed by atoms with van der Waals surface area (Å²) in [5, 5.41) is 2.91. The average Bonchev–Trinajstić information content (AvgIpc) is 3.46. The van der Waals surface area contributed by atoms with Gasteiger partial charge in [0.05, 0.1) is 11.1 Å². The van der Waals surface area contributed by atoms with Gasteiger partial charge in [-0.05, 0) is 12.1 Å². The summed E-state index contributed by atoms with van der Waals surface area (Å²) in [7, 11) is 0. The number of pyridine rings is 1. The second-order valence-corrected chi connectivity index (χ2v) is 8.41. The number of thiazole rings is 1. The Hall–Kier alpha value is -3.91. The summed E-state index contributed by atoms with van der Waals surface area (Å²) in [6.07, 6.45) is -3.48. The van der Waals surface area contributed by atoms with E-state index in [9.17, 15) is 24.0 Å². The van der Waals surface area contributed by atoms with Crippen molar-refractivity contribution in [3.8, 4) is 0 Å². The van der Waals surface area contributed by atoms with Crippen LogP contribution in [-0.4, -0.2) is 76.9 Å². The van der Waals surface area contributed by atoms with E-state index in [4.69, 9.17) is 29.2 Å². The maximum atomic E-state index is 12.8. The van der Waals surface area contributed by atoms with E-state index in [2.05, 4.69) is 15.3 Å². The van der Waals surface area contributed by atoms with Crippen molar-refractivity contribution in [1.29, 1.82) is 0 Å². The summed E-state index contributed by atoms with van der Waals surface area (Å²) < 4.78 is 55.9. The van der Waals surface area contributed by atoms with E-state index in [1.54, 1.807) is 0 Å². The summed E-state index contributed by atoms with van der Waals surface area (Å²) in [6.45, 7) is -3.89. The number of carbonyl (C=O) groups is 5. The van der Waals surface area contributed by atoms with Gasteiger partial charge in [-0.15, -0.1) is 0 Å². The van der Waals surface area contributed by atoms with Crippen LogP contribution in [0.1, 0.15) is 48.3 Å². The number of ether oxygens (including phenoxy) is 5. The van der Waals surface area contributed by atoms with E-state index in [1.807, 2.05) is 0 Å². The summed E-state index contributed by atoms with van der Waals surface area (Å²) in [5.41, 5.74) is 0.351. The molecule has 37 heavy (non-hydrogen) atoms. The molecule has 1 unspecified atom stereocenters. The predicted octanol–water partition coefficient (Wildman–Crippen LogP) is 1.26. The lowest BCUT2D eigenvalue weighted by molar-refractivity contribution is -0.247. The molecule has 1 aliphatic rings. The Bertz CT molecular complexity index is 1240. The van der Waals surface area contributed by atoms with Crippen molar-refractivity contribution < 1.29 is 53.1 Å². The SMILES string of the molecule is [2H]CC(=O)OC[C@H]1OC(Nc2ncc(C(=O)c3ccncc3)s2)[C@@H](OC(=O)C[2H])[C@@H](OC(=O)C[2H])[C@@H]1OC(=O)C[2H]. The third-order valence-corrected chi connectivity index (χ3v) is 5.71. The lowest BCUT2D eigenvalue weighted by Crippen LogP contribution is -2.64. The van der Waals surface area contributed by atoms with Crippen molar-refractivity contribution in [2.24, 2.45) is 0 Å². The summed E-state index contributed by atoms with van der Waals surface area (Å²) in [6, 6.07) is 3.03. The molecular formula is C23H25N3O10S. The van der Waals surface area contributed by atoms with Crippen LogP contribution in [0.15, 0.2) is 30.7 Å². The molecule has 0 spiro atoms. The molecule has 13 nitrogen and oxygen atoms in total. The Morgan fingerprint density at radius 1 is 0.946 bits per heavy atom. The molecule has 198 valence electrons. The zero-order chi connectivity index (χ0) is 29.9. The van der Waals surface area contributed by atoms with Gasteiger partial charge in [-0.3, -0.25) is 29.0 Å². The van der Waals surface area contributed by atoms with E-state index >= 15 is 0 Å². The van der Waals surface area contributed by atoms with Crippen LogP contribution in [0.2, 0.25) is 0 Å².